The summed E-state index contributed by atoms with van der Waals surface area (Å²) < 4.78 is 24.3. The molecule has 1 atom stereocenters. The third kappa shape index (κ3) is 5.33. The van der Waals surface area contributed by atoms with E-state index < -0.39 is 33.5 Å². The number of aliphatic carboxylic acids is 1. The third-order valence-corrected chi connectivity index (χ3v) is 5.81. The Balaban J connectivity index is 1.88. The highest BCUT2D eigenvalue weighted by molar-refractivity contribution is 7.92. The van der Waals surface area contributed by atoms with E-state index in [-0.39, 0.29) is 5.75 Å². The molecule has 1 aromatic rings. The van der Waals surface area contributed by atoms with Gasteiger partial charge in [-0.05, 0) is 37.7 Å². The molecule has 0 aliphatic carbocycles. The largest absolute Gasteiger partial charge is 0.480 e. The zero-order valence-electron chi connectivity index (χ0n) is 13.6. The first kappa shape index (κ1) is 18.4. The van der Waals surface area contributed by atoms with Gasteiger partial charge in [0.2, 0.25) is 5.91 Å². The molecule has 1 amide bonds. The van der Waals surface area contributed by atoms with Gasteiger partial charge in [-0.3, -0.25) is 4.79 Å². The number of carbonyl (C=O) groups excluding carboxylic acids is 1. The summed E-state index contributed by atoms with van der Waals surface area (Å²) in [4.78, 5) is 24.7. The van der Waals surface area contributed by atoms with Crippen molar-refractivity contribution in [2.45, 2.75) is 38.1 Å². The van der Waals surface area contributed by atoms with E-state index >= 15 is 0 Å². The average Bonchev–Trinajstić information content (AvgIpc) is 2.55. The van der Waals surface area contributed by atoms with Crippen molar-refractivity contribution in [1.29, 1.82) is 0 Å². The number of hydrogen-bond donors (Lipinski definition) is 1. The zero-order valence-corrected chi connectivity index (χ0v) is 14.4. The molecule has 1 fully saturated rings. The van der Waals surface area contributed by atoms with Crippen LogP contribution in [-0.2, 0) is 25.8 Å². The molecule has 2 rings (SSSR count). The summed E-state index contributed by atoms with van der Waals surface area (Å²) in [5.74, 6) is -2.34. The van der Waals surface area contributed by atoms with Crippen molar-refractivity contribution in [1.82, 2.24) is 4.90 Å². The van der Waals surface area contributed by atoms with Crippen LogP contribution in [0, 0.1) is 0 Å². The maximum atomic E-state index is 12.2. The highest BCUT2D eigenvalue weighted by Gasteiger charge is 2.33. The van der Waals surface area contributed by atoms with Gasteiger partial charge in [0.25, 0.3) is 0 Å². The normalized spacial score (nSPS) is 18.3. The molecule has 1 aromatic carbocycles. The van der Waals surface area contributed by atoms with Crippen molar-refractivity contribution in [3.8, 4) is 0 Å². The van der Waals surface area contributed by atoms with E-state index in [0.717, 1.165) is 12.0 Å². The minimum atomic E-state index is -3.53. The smallest absolute Gasteiger partial charge is 0.326 e. The fourth-order valence-electron chi connectivity index (χ4n) is 2.97. The molecule has 1 saturated heterocycles. The summed E-state index contributed by atoms with van der Waals surface area (Å²) in [7, 11) is -3.53. The molecule has 0 unspecified atom stereocenters. The molecule has 0 aromatic heterocycles. The topological polar surface area (TPSA) is 91.8 Å². The second kappa shape index (κ2) is 8.28. The number of hydrogen-bond acceptors (Lipinski definition) is 4. The molecule has 0 spiro atoms. The van der Waals surface area contributed by atoms with Crippen LogP contribution in [-0.4, -0.2) is 54.4 Å². The third-order valence-electron chi connectivity index (χ3n) is 4.22. The molecule has 7 heteroatoms. The predicted octanol–water partition coefficient (Wildman–Crippen LogP) is 1.50. The van der Waals surface area contributed by atoms with E-state index in [2.05, 4.69) is 0 Å². The molecule has 24 heavy (non-hydrogen) atoms. The number of likely N-dealkylation sites (tertiary alicyclic amines) is 1. The fraction of sp³-hybridized carbons (Fsp3) is 0.529. The van der Waals surface area contributed by atoms with Crippen LogP contribution in [0.4, 0.5) is 0 Å². The lowest BCUT2D eigenvalue weighted by Gasteiger charge is -2.32. The summed E-state index contributed by atoms with van der Waals surface area (Å²) in [6, 6.07) is 8.67. The second-order valence-corrected chi connectivity index (χ2v) is 8.30. The van der Waals surface area contributed by atoms with Gasteiger partial charge in [-0.2, -0.15) is 0 Å². The number of rotatable bonds is 7. The molecule has 1 aliphatic heterocycles. The summed E-state index contributed by atoms with van der Waals surface area (Å²) >= 11 is 0. The Hall–Kier alpha value is -1.89. The summed E-state index contributed by atoms with van der Waals surface area (Å²) in [6.45, 7) is 0.315. The van der Waals surface area contributed by atoms with Crippen molar-refractivity contribution >= 4 is 21.7 Å². The number of aryl methyl sites for hydroxylation is 1. The van der Waals surface area contributed by atoms with Gasteiger partial charge in [-0.1, -0.05) is 30.3 Å². The summed E-state index contributed by atoms with van der Waals surface area (Å²) in [5.41, 5.74) is 1.06. The van der Waals surface area contributed by atoms with Crippen LogP contribution in [0.25, 0.3) is 0 Å². The van der Waals surface area contributed by atoms with E-state index in [1.54, 1.807) is 0 Å². The standard InChI is InChI=1S/C17H23NO5S/c19-16(18-11-5-4-10-15(18)17(20)21)13-24(22,23)12-6-9-14-7-2-1-3-8-14/h1-3,7-8,15H,4-6,9-13H2,(H,20,21)/t15-/m1/s1. The van der Waals surface area contributed by atoms with Crippen LogP contribution in [0.5, 0.6) is 0 Å². The van der Waals surface area contributed by atoms with E-state index in [4.69, 9.17) is 0 Å². The van der Waals surface area contributed by atoms with Crippen LogP contribution in [0.2, 0.25) is 0 Å². The highest BCUT2D eigenvalue weighted by atomic mass is 32.2. The number of carbonyl (C=O) groups is 2. The van der Waals surface area contributed by atoms with Gasteiger partial charge < -0.3 is 10.0 Å². The van der Waals surface area contributed by atoms with Crippen molar-refractivity contribution in [3.05, 3.63) is 35.9 Å². The van der Waals surface area contributed by atoms with Gasteiger partial charge in [0.1, 0.15) is 11.8 Å². The summed E-state index contributed by atoms with van der Waals surface area (Å²) in [5, 5.41) is 9.18. The lowest BCUT2D eigenvalue weighted by molar-refractivity contribution is -0.151. The quantitative estimate of drug-likeness (QED) is 0.802. The highest BCUT2D eigenvalue weighted by Crippen LogP contribution is 2.18. The first-order chi connectivity index (χ1) is 11.4. The monoisotopic (exact) mass is 353 g/mol. The minimum absolute atomic E-state index is 0.0702. The first-order valence-corrected chi connectivity index (χ1v) is 9.98. The van der Waals surface area contributed by atoms with Crippen LogP contribution in [0.1, 0.15) is 31.2 Å². The van der Waals surface area contributed by atoms with Gasteiger partial charge in [0, 0.05) is 6.54 Å². The van der Waals surface area contributed by atoms with Crippen molar-refractivity contribution < 1.29 is 23.1 Å². The van der Waals surface area contributed by atoms with E-state index in [1.165, 1.54) is 4.90 Å². The van der Waals surface area contributed by atoms with Crippen LogP contribution >= 0.6 is 0 Å². The van der Waals surface area contributed by atoms with Gasteiger partial charge in [-0.25, -0.2) is 13.2 Å². The SMILES string of the molecule is O=C(O)[C@H]1CCCCN1C(=O)CS(=O)(=O)CCCc1ccccc1. The number of piperidine rings is 1. The maximum absolute atomic E-state index is 12.2. The van der Waals surface area contributed by atoms with Crippen molar-refractivity contribution in [2.24, 2.45) is 0 Å². The van der Waals surface area contributed by atoms with E-state index in [1.807, 2.05) is 30.3 Å². The Kier molecular flexibility index (Phi) is 6.36. The van der Waals surface area contributed by atoms with Crippen LogP contribution < -0.4 is 0 Å². The minimum Gasteiger partial charge on any atom is -0.480 e. The Bertz CT molecular complexity index is 671. The van der Waals surface area contributed by atoms with Gasteiger partial charge >= 0.3 is 5.97 Å². The molecule has 1 aliphatic rings. The number of carboxylic acids is 1. The lowest BCUT2D eigenvalue weighted by Crippen LogP contribution is -2.49. The Labute approximate surface area is 142 Å². The Morgan fingerprint density at radius 2 is 1.88 bits per heavy atom. The molecule has 0 saturated carbocycles. The van der Waals surface area contributed by atoms with Crippen LogP contribution in [0.15, 0.2) is 30.3 Å². The van der Waals surface area contributed by atoms with Crippen molar-refractivity contribution in [3.63, 3.8) is 0 Å². The second-order valence-electron chi connectivity index (χ2n) is 6.12. The predicted molar refractivity (Wildman–Crippen MR) is 90.4 cm³/mol. The van der Waals surface area contributed by atoms with Crippen LogP contribution in [0.3, 0.4) is 0 Å². The number of benzene rings is 1. The first-order valence-electron chi connectivity index (χ1n) is 8.16. The average molecular weight is 353 g/mol. The molecule has 0 radical (unpaired) electrons. The van der Waals surface area contributed by atoms with E-state index in [0.29, 0.717) is 32.2 Å². The number of sulfone groups is 1. The number of amides is 1. The molecule has 0 bridgehead atoms. The number of carboxylic acid groups (broad SMARTS) is 1. The van der Waals surface area contributed by atoms with Crippen molar-refractivity contribution in [2.75, 3.05) is 18.1 Å². The molecule has 1 heterocycles. The van der Waals surface area contributed by atoms with Gasteiger partial charge in [0.15, 0.2) is 9.84 Å². The molecule has 132 valence electrons. The van der Waals surface area contributed by atoms with E-state index in [9.17, 15) is 23.1 Å². The molecular formula is C17H23NO5S. The maximum Gasteiger partial charge on any atom is 0.326 e. The zero-order chi connectivity index (χ0) is 17.6. The van der Waals surface area contributed by atoms with Gasteiger partial charge in [0.05, 0.1) is 5.75 Å². The lowest BCUT2D eigenvalue weighted by atomic mass is 10.0. The fourth-order valence-corrected chi connectivity index (χ4v) is 4.24. The number of nitrogens with zero attached hydrogens (tertiary/aromatic N) is 1. The Morgan fingerprint density at radius 1 is 1.17 bits per heavy atom. The molecular weight excluding hydrogens is 330 g/mol. The van der Waals surface area contributed by atoms with Gasteiger partial charge in [-0.15, -0.1) is 0 Å². The summed E-state index contributed by atoms with van der Waals surface area (Å²) in [6.07, 6.45) is 2.92. The molecule has 1 N–H and O–H groups in total. The Morgan fingerprint density at radius 3 is 2.54 bits per heavy atom. The molecule has 6 nitrogen and oxygen atoms in total.